The molecule has 5 aromatic rings. The van der Waals surface area contributed by atoms with Gasteiger partial charge in [0.05, 0.1) is 17.3 Å². The molecule has 0 atom stereocenters. The van der Waals surface area contributed by atoms with Crippen LogP contribution in [0.1, 0.15) is 5.56 Å². The summed E-state index contributed by atoms with van der Waals surface area (Å²) in [6, 6.07) is 9.47. The number of fused-ring (bicyclic) bond motifs is 3. The lowest BCUT2D eigenvalue weighted by Crippen LogP contribution is -2.01. The number of hydrogen-bond acceptors (Lipinski definition) is 5. The monoisotopic (exact) mass is 361 g/mol. The first-order valence-corrected chi connectivity index (χ1v) is 8.34. The Balaban J connectivity index is 1.74. The van der Waals surface area contributed by atoms with Gasteiger partial charge in [-0.05, 0) is 36.8 Å². The molecule has 5 rings (SSSR count). The van der Waals surface area contributed by atoms with Crippen molar-refractivity contribution in [2.24, 2.45) is 0 Å². The molecule has 7 nitrogen and oxygen atoms in total. The molecule has 8 heteroatoms. The van der Waals surface area contributed by atoms with Gasteiger partial charge < -0.3 is 0 Å². The Morgan fingerprint density at radius 3 is 2.85 bits per heavy atom. The van der Waals surface area contributed by atoms with Crippen LogP contribution in [0.5, 0.6) is 0 Å². The number of pyridine rings is 1. The number of hydrogen-bond donors (Lipinski definition) is 0. The second-order valence-corrected chi connectivity index (χ2v) is 6.35. The molecule has 0 aliphatic rings. The van der Waals surface area contributed by atoms with E-state index in [1.54, 1.807) is 34.1 Å². The number of rotatable bonds is 2. The van der Waals surface area contributed by atoms with E-state index in [0.717, 1.165) is 22.2 Å². The van der Waals surface area contributed by atoms with Gasteiger partial charge in [0, 0.05) is 23.0 Å². The zero-order chi connectivity index (χ0) is 17.7. The van der Waals surface area contributed by atoms with Gasteiger partial charge >= 0.3 is 0 Å². The molecule has 0 aliphatic heterocycles. The minimum atomic E-state index is 0.596. The minimum Gasteiger partial charge on any atom is -0.264 e. The van der Waals surface area contributed by atoms with Crippen molar-refractivity contribution < 1.29 is 0 Å². The molecule has 0 saturated carbocycles. The summed E-state index contributed by atoms with van der Waals surface area (Å²) >= 11 is 6.16. The lowest BCUT2D eigenvalue weighted by molar-refractivity contribution is 0.876. The van der Waals surface area contributed by atoms with Gasteiger partial charge in [-0.15, -0.1) is 5.10 Å². The highest BCUT2D eigenvalue weighted by Crippen LogP contribution is 2.25. The first-order chi connectivity index (χ1) is 12.7. The molecule has 0 unspecified atom stereocenters. The molecule has 4 heterocycles. The predicted octanol–water partition coefficient (Wildman–Crippen LogP) is 3.49. The first-order valence-electron chi connectivity index (χ1n) is 7.97. The van der Waals surface area contributed by atoms with E-state index in [1.807, 2.05) is 37.3 Å². The van der Waals surface area contributed by atoms with Gasteiger partial charge in [-0.1, -0.05) is 17.7 Å². The molecule has 1 aromatic carbocycles. The quantitative estimate of drug-likeness (QED) is 0.481. The van der Waals surface area contributed by atoms with Crippen LogP contribution in [-0.2, 0) is 0 Å². The summed E-state index contributed by atoms with van der Waals surface area (Å²) in [7, 11) is 0. The molecule has 0 amide bonds. The van der Waals surface area contributed by atoms with Crippen molar-refractivity contribution in [3.8, 4) is 17.1 Å². The molecule has 0 fully saturated rings. The maximum atomic E-state index is 6.16. The van der Waals surface area contributed by atoms with Crippen molar-refractivity contribution in [3.05, 3.63) is 65.8 Å². The van der Waals surface area contributed by atoms with Crippen LogP contribution >= 0.6 is 11.6 Å². The van der Waals surface area contributed by atoms with Crippen LogP contribution in [0, 0.1) is 6.92 Å². The molecule has 126 valence electrons. The van der Waals surface area contributed by atoms with Gasteiger partial charge in [0.1, 0.15) is 6.33 Å². The normalized spacial score (nSPS) is 11.5. The Kier molecular flexibility index (Phi) is 3.23. The molecule has 0 aliphatic carbocycles. The summed E-state index contributed by atoms with van der Waals surface area (Å²) in [5.41, 5.74) is 4.19. The standard InChI is InChI=1S/C18H12ClN7/c1-11-4-5-13(19)7-15(11)26-17-14(9-22-26)18-23-16(24-25(18)10-21-17)12-3-2-6-20-8-12/h2-10H,1H3. The zero-order valence-corrected chi connectivity index (χ0v) is 14.5. The van der Waals surface area contributed by atoms with Crippen LogP contribution in [0.15, 0.2) is 55.2 Å². The fourth-order valence-electron chi connectivity index (χ4n) is 2.93. The SMILES string of the molecule is Cc1ccc(Cl)cc1-n1ncc2c1ncn1nc(-c3cccnc3)nc21. The van der Waals surface area contributed by atoms with E-state index in [0.29, 0.717) is 22.1 Å². The fraction of sp³-hybridized carbons (Fsp3) is 0.0556. The molecule has 0 N–H and O–H groups in total. The third kappa shape index (κ3) is 2.25. The third-order valence-corrected chi connectivity index (χ3v) is 4.46. The smallest absolute Gasteiger partial charge is 0.183 e. The first kappa shape index (κ1) is 15.0. The third-order valence-electron chi connectivity index (χ3n) is 4.22. The van der Waals surface area contributed by atoms with E-state index in [-0.39, 0.29) is 0 Å². The summed E-state index contributed by atoms with van der Waals surface area (Å²) in [6.45, 7) is 2.01. The fourth-order valence-corrected chi connectivity index (χ4v) is 3.09. The van der Waals surface area contributed by atoms with Gasteiger partial charge in [0.25, 0.3) is 0 Å². The summed E-state index contributed by atoms with van der Waals surface area (Å²) < 4.78 is 3.43. The molecule has 0 saturated heterocycles. The Labute approximate surface area is 152 Å². The molecule has 0 radical (unpaired) electrons. The maximum Gasteiger partial charge on any atom is 0.183 e. The molecule has 4 aromatic heterocycles. The summed E-state index contributed by atoms with van der Waals surface area (Å²) in [5, 5.41) is 10.5. The van der Waals surface area contributed by atoms with Crippen molar-refractivity contribution in [1.29, 1.82) is 0 Å². The Morgan fingerprint density at radius 1 is 1.08 bits per heavy atom. The lowest BCUT2D eigenvalue weighted by Gasteiger charge is -2.07. The second kappa shape index (κ2) is 5.60. The van der Waals surface area contributed by atoms with Crippen molar-refractivity contribution in [2.75, 3.05) is 0 Å². The minimum absolute atomic E-state index is 0.596. The predicted molar refractivity (Wildman–Crippen MR) is 98.4 cm³/mol. The van der Waals surface area contributed by atoms with Crippen LogP contribution in [0.25, 0.3) is 33.8 Å². The largest absolute Gasteiger partial charge is 0.264 e. The highest BCUT2D eigenvalue weighted by atomic mass is 35.5. The Hall–Kier alpha value is -3.32. The van der Waals surface area contributed by atoms with Crippen molar-refractivity contribution in [2.45, 2.75) is 6.92 Å². The number of aromatic nitrogens is 7. The highest BCUT2D eigenvalue weighted by Gasteiger charge is 2.15. The highest BCUT2D eigenvalue weighted by molar-refractivity contribution is 6.30. The van der Waals surface area contributed by atoms with Crippen LogP contribution in [0.4, 0.5) is 0 Å². The van der Waals surface area contributed by atoms with Crippen LogP contribution < -0.4 is 0 Å². The Morgan fingerprint density at radius 2 is 2.00 bits per heavy atom. The molecule has 26 heavy (non-hydrogen) atoms. The lowest BCUT2D eigenvalue weighted by atomic mass is 10.2. The van der Waals surface area contributed by atoms with E-state index < -0.39 is 0 Å². The second-order valence-electron chi connectivity index (χ2n) is 5.91. The van der Waals surface area contributed by atoms with E-state index in [9.17, 15) is 0 Å². The Bertz CT molecular complexity index is 1260. The number of halogens is 1. The van der Waals surface area contributed by atoms with E-state index in [2.05, 4.69) is 25.1 Å². The number of nitrogens with zero attached hydrogens (tertiary/aromatic N) is 7. The summed E-state index contributed by atoms with van der Waals surface area (Å²) in [5.74, 6) is 0.596. The average molecular weight is 362 g/mol. The van der Waals surface area contributed by atoms with Crippen molar-refractivity contribution >= 4 is 28.3 Å². The van der Waals surface area contributed by atoms with Gasteiger partial charge in [-0.3, -0.25) is 4.98 Å². The average Bonchev–Trinajstić information content (AvgIpc) is 3.28. The maximum absolute atomic E-state index is 6.16. The van der Waals surface area contributed by atoms with Gasteiger partial charge in [-0.2, -0.15) is 5.10 Å². The van der Waals surface area contributed by atoms with Crippen molar-refractivity contribution in [3.63, 3.8) is 0 Å². The van der Waals surface area contributed by atoms with Crippen LogP contribution in [0.3, 0.4) is 0 Å². The van der Waals surface area contributed by atoms with Gasteiger partial charge in [0.2, 0.25) is 0 Å². The molecule has 0 bridgehead atoms. The van der Waals surface area contributed by atoms with Gasteiger partial charge in [0.15, 0.2) is 17.1 Å². The summed E-state index contributed by atoms with van der Waals surface area (Å²) in [4.78, 5) is 13.3. The van der Waals surface area contributed by atoms with Gasteiger partial charge in [-0.25, -0.2) is 19.2 Å². The summed E-state index contributed by atoms with van der Waals surface area (Å²) in [6.07, 6.45) is 6.84. The molecular weight excluding hydrogens is 350 g/mol. The molecular formula is C18H12ClN7. The van der Waals surface area contributed by atoms with E-state index >= 15 is 0 Å². The van der Waals surface area contributed by atoms with Crippen molar-refractivity contribution in [1.82, 2.24) is 34.3 Å². The van der Waals surface area contributed by atoms with Crippen LogP contribution in [0.2, 0.25) is 5.02 Å². The molecule has 0 spiro atoms. The number of aryl methyl sites for hydroxylation is 1. The topological polar surface area (TPSA) is 73.8 Å². The van der Waals surface area contributed by atoms with E-state index in [4.69, 9.17) is 11.6 Å². The number of benzene rings is 1. The zero-order valence-electron chi connectivity index (χ0n) is 13.7. The van der Waals surface area contributed by atoms with E-state index in [1.165, 1.54) is 0 Å². The van der Waals surface area contributed by atoms with Crippen LogP contribution in [-0.4, -0.2) is 34.3 Å².